The molecule has 0 rings (SSSR count). The van der Waals surface area contributed by atoms with Crippen LogP contribution >= 0.6 is 0 Å². The molecule has 0 aliphatic carbocycles. The van der Waals surface area contributed by atoms with Gasteiger partial charge in [-0.25, -0.2) is 0 Å². The Morgan fingerprint density at radius 1 is 1.20 bits per heavy atom. The van der Waals surface area contributed by atoms with Gasteiger partial charge in [0.05, 0.1) is 0 Å². The van der Waals surface area contributed by atoms with Crippen LogP contribution in [0, 0.1) is 5.92 Å². The predicted molar refractivity (Wildman–Crippen MR) is 43.9 cm³/mol. The maximum absolute atomic E-state index is 8.47. The Morgan fingerprint density at radius 2 is 1.60 bits per heavy atom. The minimum absolute atomic E-state index is 0.250. The molecule has 1 atom stereocenters. The van der Waals surface area contributed by atoms with Gasteiger partial charge in [-0.05, 0) is 19.3 Å². The molecule has 0 aromatic carbocycles. The van der Waals surface area contributed by atoms with Crippen LogP contribution < -0.4 is 0 Å². The summed E-state index contributed by atoms with van der Waals surface area (Å²) in [6.07, 6.45) is 2.33. The fraction of sp³-hybridized carbons (Fsp3) is 1.00. The molecule has 10 heavy (non-hydrogen) atoms. The second-order valence-corrected chi connectivity index (χ2v) is 2.39. The minimum Gasteiger partial charge on any atom is -0.397 e. The summed E-state index contributed by atoms with van der Waals surface area (Å²) in [5.41, 5.74) is 0. The van der Waals surface area contributed by atoms with Gasteiger partial charge in [-0.3, -0.25) is 0 Å². The van der Waals surface area contributed by atoms with E-state index in [2.05, 4.69) is 13.8 Å². The summed E-state index contributed by atoms with van der Waals surface area (Å²) < 4.78 is 0. The third-order valence-corrected chi connectivity index (χ3v) is 1.09. The minimum atomic E-state index is 0.250. The van der Waals surface area contributed by atoms with Crippen LogP contribution in [0.5, 0.6) is 0 Å². The molecule has 2 N–H and O–H groups in total. The lowest BCUT2D eigenvalue weighted by atomic mass is 10.1. The van der Waals surface area contributed by atoms with Crippen LogP contribution in [-0.2, 0) is 0 Å². The van der Waals surface area contributed by atoms with Crippen molar-refractivity contribution in [2.75, 3.05) is 13.2 Å². The topological polar surface area (TPSA) is 40.5 Å². The fourth-order valence-electron chi connectivity index (χ4n) is 0.584. The first-order chi connectivity index (χ1) is 4.72. The van der Waals surface area contributed by atoms with Gasteiger partial charge in [-0.1, -0.05) is 20.3 Å². The van der Waals surface area contributed by atoms with Gasteiger partial charge in [-0.15, -0.1) is 0 Å². The van der Waals surface area contributed by atoms with Gasteiger partial charge in [0.15, 0.2) is 0 Å². The van der Waals surface area contributed by atoms with Gasteiger partial charge in [0, 0.05) is 13.2 Å². The smallest absolute Gasteiger partial charge is 0.0456 e. The summed E-state index contributed by atoms with van der Waals surface area (Å²) in [4.78, 5) is 0. The summed E-state index contributed by atoms with van der Waals surface area (Å²) >= 11 is 0. The predicted octanol–water partition coefficient (Wildman–Crippen LogP) is 1.41. The molecule has 0 spiro atoms. The molecular formula is C8H20O2. The van der Waals surface area contributed by atoms with Crippen molar-refractivity contribution < 1.29 is 10.2 Å². The number of aliphatic hydroxyl groups is 2. The molecular weight excluding hydrogens is 128 g/mol. The van der Waals surface area contributed by atoms with Crippen LogP contribution in [0.2, 0.25) is 0 Å². The monoisotopic (exact) mass is 148 g/mol. The Balaban J connectivity index is 0. The average Bonchev–Trinajstić information content (AvgIpc) is 1.90. The first kappa shape index (κ1) is 12.6. The molecule has 0 aliphatic rings. The molecule has 2 nitrogen and oxygen atoms in total. The van der Waals surface area contributed by atoms with Gasteiger partial charge in [0.1, 0.15) is 0 Å². The maximum Gasteiger partial charge on any atom is 0.0456 e. The van der Waals surface area contributed by atoms with Gasteiger partial charge >= 0.3 is 0 Å². The third kappa shape index (κ3) is 15.7. The SMILES string of the molecule is CCCC(C)CO.CCO. The van der Waals surface area contributed by atoms with E-state index >= 15 is 0 Å². The van der Waals surface area contributed by atoms with E-state index in [-0.39, 0.29) is 6.61 Å². The Hall–Kier alpha value is -0.0800. The number of hydrogen-bond acceptors (Lipinski definition) is 2. The fourth-order valence-corrected chi connectivity index (χ4v) is 0.584. The Labute approximate surface area is 63.9 Å². The molecule has 0 radical (unpaired) electrons. The van der Waals surface area contributed by atoms with Gasteiger partial charge < -0.3 is 10.2 Å². The Morgan fingerprint density at radius 3 is 1.70 bits per heavy atom. The van der Waals surface area contributed by atoms with Crippen molar-refractivity contribution in [3.05, 3.63) is 0 Å². The lowest BCUT2D eigenvalue weighted by molar-refractivity contribution is 0.229. The molecule has 1 unspecified atom stereocenters. The van der Waals surface area contributed by atoms with Crippen LogP contribution in [-0.4, -0.2) is 23.4 Å². The molecule has 0 saturated heterocycles. The lowest BCUT2D eigenvalue weighted by Crippen LogP contribution is -1.98. The normalized spacial score (nSPS) is 11.7. The molecule has 0 amide bonds. The highest BCUT2D eigenvalue weighted by Gasteiger charge is 1.93. The van der Waals surface area contributed by atoms with Crippen LogP contribution in [0.4, 0.5) is 0 Å². The van der Waals surface area contributed by atoms with E-state index in [1.54, 1.807) is 6.92 Å². The molecule has 0 bridgehead atoms. The molecule has 0 aromatic rings. The van der Waals surface area contributed by atoms with Crippen molar-refractivity contribution in [2.24, 2.45) is 5.92 Å². The summed E-state index contributed by atoms with van der Waals surface area (Å²) in [6.45, 7) is 6.46. The third-order valence-electron chi connectivity index (χ3n) is 1.09. The van der Waals surface area contributed by atoms with E-state index in [1.807, 2.05) is 0 Å². The average molecular weight is 148 g/mol. The van der Waals surface area contributed by atoms with Crippen molar-refractivity contribution in [3.63, 3.8) is 0 Å². The van der Waals surface area contributed by atoms with Gasteiger partial charge in [0.25, 0.3) is 0 Å². The van der Waals surface area contributed by atoms with Crippen molar-refractivity contribution in [3.8, 4) is 0 Å². The van der Waals surface area contributed by atoms with Crippen LogP contribution in [0.15, 0.2) is 0 Å². The highest BCUT2D eigenvalue weighted by atomic mass is 16.3. The second-order valence-electron chi connectivity index (χ2n) is 2.39. The van der Waals surface area contributed by atoms with Crippen molar-refractivity contribution in [1.82, 2.24) is 0 Å². The highest BCUT2D eigenvalue weighted by Crippen LogP contribution is 2.01. The van der Waals surface area contributed by atoms with E-state index in [4.69, 9.17) is 10.2 Å². The van der Waals surface area contributed by atoms with E-state index in [0.29, 0.717) is 12.5 Å². The number of hydrogen-bond donors (Lipinski definition) is 2. The molecule has 0 saturated carbocycles. The standard InChI is InChI=1S/C6H14O.C2H6O/c1-3-4-6(2)5-7;1-2-3/h6-7H,3-5H2,1-2H3;3H,2H2,1H3. The number of rotatable bonds is 3. The highest BCUT2D eigenvalue weighted by molar-refractivity contribution is 4.45. The Bertz CT molecular complexity index is 46.5. The van der Waals surface area contributed by atoms with Crippen LogP contribution in [0.3, 0.4) is 0 Å². The first-order valence-electron chi connectivity index (χ1n) is 3.94. The Kier molecular flexibility index (Phi) is 14.7. The number of aliphatic hydroxyl groups excluding tert-OH is 2. The van der Waals surface area contributed by atoms with E-state index < -0.39 is 0 Å². The van der Waals surface area contributed by atoms with E-state index in [9.17, 15) is 0 Å². The summed E-state index contributed by atoms with van der Waals surface area (Å²) in [6, 6.07) is 0. The van der Waals surface area contributed by atoms with Crippen molar-refractivity contribution >= 4 is 0 Å². The van der Waals surface area contributed by atoms with E-state index in [1.165, 1.54) is 6.42 Å². The zero-order valence-corrected chi connectivity index (χ0v) is 7.30. The van der Waals surface area contributed by atoms with Gasteiger partial charge in [-0.2, -0.15) is 0 Å². The van der Waals surface area contributed by atoms with Gasteiger partial charge in [0.2, 0.25) is 0 Å². The second kappa shape index (κ2) is 11.7. The summed E-state index contributed by atoms with van der Waals surface area (Å²) in [5, 5.41) is 16.0. The lowest BCUT2D eigenvalue weighted by Gasteiger charge is -2.01. The zero-order chi connectivity index (χ0) is 8.41. The molecule has 64 valence electrons. The van der Waals surface area contributed by atoms with Crippen LogP contribution in [0.25, 0.3) is 0 Å². The van der Waals surface area contributed by atoms with E-state index in [0.717, 1.165) is 6.42 Å². The maximum atomic E-state index is 8.47. The molecule has 0 aromatic heterocycles. The summed E-state index contributed by atoms with van der Waals surface area (Å²) in [5.74, 6) is 0.505. The van der Waals surface area contributed by atoms with Crippen LogP contribution in [0.1, 0.15) is 33.6 Å². The molecule has 0 fully saturated rings. The zero-order valence-electron chi connectivity index (χ0n) is 7.30. The molecule has 0 aliphatic heterocycles. The van der Waals surface area contributed by atoms with Crippen molar-refractivity contribution in [1.29, 1.82) is 0 Å². The molecule has 0 heterocycles. The quantitative estimate of drug-likeness (QED) is 0.635. The first-order valence-corrected chi connectivity index (χ1v) is 3.94. The largest absolute Gasteiger partial charge is 0.397 e. The molecule has 2 heteroatoms. The summed E-state index contributed by atoms with van der Waals surface area (Å²) in [7, 11) is 0. The van der Waals surface area contributed by atoms with Crippen molar-refractivity contribution in [2.45, 2.75) is 33.6 Å².